The lowest BCUT2D eigenvalue weighted by molar-refractivity contribution is 0.0342. The average Bonchev–Trinajstić information content (AvgIpc) is 3.41. The van der Waals surface area contributed by atoms with Crippen molar-refractivity contribution in [1.82, 2.24) is 24.8 Å². The lowest BCUT2D eigenvalue weighted by Gasteiger charge is -2.32. The van der Waals surface area contributed by atoms with Gasteiger partial charge in [0.05, 0.1) is 13.2 Å². The van der Waals surface area contributed by atoms with E-state index in [2.05, 4.69) is 57.0 Å². The Morgan fingerprint density at radius 2 is 1.57 bits per heavy atom. The maximum absolute atomic E-state index is 11.6. The van der Waals surface area contributed by atoms with E-state index in [1.807, 2.05) is 18.3 Å². The molecule has 1 amide bonds. The molecule has 8 nitrogen and oxygen atoms in total. The number of morpholine rings is 1. The largest absolute Gasteiger partial charge is 0.379 e. The molecule has 208 valence electrons. The molecule has 2 N–H and O–H groups in total. The number of nitrogens with zero attached hydrogens (tertiary/aromatic N) is 4. The van der Waals surface area contributed by atoms with Gasteiger partial charge in [-0.1, -0.05) is 36.4 Å². The zero-order valence-electron chi connectivity index (χ0n) is 22.8. The van der Waals surface area contributed by atoms with Gasteiger partial charge < -0.3 is 9.30 Å². The number of pyridine rings is 1. The SMILES string of the molecule is O=C(NO)c1ccc(Cn2ccc3c(C4CCN(Cc5cccc(CN6CCOCC6)c5)CC4)ccnc32)cc1. The molecule has 0 spiro atoms. The zero-order chi connectivity index (χ0) is 27.3. The molecular formula is C32H37N5O3. The van der Waals surface area contributed by atoms with Gasteiger partial charge in [-0.2, -0.15) is 0 Å². The Labute approximate surface area is 235 Å². The van der Waals surface area contributed by atoms with Gasteiger partial charge in [0.2, 0.25) is 0 Å². The molecule has 0 atom stereocenters. The fraction of sp³-hybridized carbons (Fsp3) is 0.375. The van der Waals surface area contributed by atoms with Crippen LogP contribution in [0.25, 0.3) is 11.0 Å². The summed E-state index contributed by atoms with van der Waals surface area (Å²) in [6.07, 6.45) is 6.34. The predicted octanol–water partition coefficient (Wildman–Crippen LogP) is 4.42. The number of carbonyl (C=O) groups is 1. The molecule has 2 aliphatic rings. The minimum atomic E-state index is -0.507. The number of hydroxylamine groups is 1. The molecule has 0 saturated carbocycles. The summed E-state index contributed by atoms with van der Waals surface area (Å²) in [6, 6.07) is 20.8. The van der Waals surface area contributed by atoms with Crippen LogP contribution in [0, 0.1) is 0 Å². The Morgan fingerprint density at radius 3 is 2.27 bits per heavy atom. The number of aromatic nitrogens is 2. The Hall–Kier alpha value is -3.56. The molecule has 0 aliphatic carbocycles. The van der Waals surface area contributed by atoms with Crippen molar-refractivity contribution in [3.8, 4) is 0 Å². The highest BCUT2D eigenvalue weighted by Gasteiger charge is 2.23. The smallest absolute Gasteiger partial charge is 0.274 e. The molecule has 4 aromatic rings. The van der Waals surface area contributed by atoms with E-state index in [0.29, 0.717) is 18.0 Å². The number of likely N-dealkylation sites (tertiary alicyclic amines) is 1. The number of amides is 1. The fourth-order valence-corrected chi connectivity index (χ4v) is 6.12. The summed E-state index contributed by atoms with van der Waals surface area (Å²) in [4.78, 5) is 21.4. The molecule has 2 aromatic carbocycles. The van der Waals surface area contributed by atoms with Crippen molar-refractivity contribution in [2.45, 2.75) is 38.4 Å². The molecule has 6 rings (SSSR count). The van der Waals surface area contributed by atoms with Gasteiger partial charge in [0.1, 0.15) is 5.65 Å². The number of fused-ring (bicyclic) bond motifs is 1. The molecule has 0 bridgehead atoms. The Kier molecular flexibility index (Phi) is 8.20. The highest BCUT2D eigenvalue weighted by atomic mass is 16.5. The van der Waals surface area contributed by atoms with E-state index in [1.54, 1.807) is 17.6 Å². The molecule has 4 heterocycles. The number of benzene rings is 2. The van der Waals surface area contributed by atoms with Gasteiger partial charge in [-0.3, -0.25) is 19.8 Å². The van der Waals surface area contributed by atoms with Crippen LogP contribution in [0.4, 0.5) is 0 Å². The van der Waals surface area contributed by atoms with Crippen molar-refractivity contribution in [3.05, 3.63) is 101 Å². The van der Waals surface area contributed by atoms with Crippen molar-refractivity contribution in [2.75, 3.05) is 39.4 Å². The number of nitrogens with one attached hydrogen (secondary N) is 1. The number of rotatable bonds is 8. The average molecular weight is 540 g/mol. The van der Waals surface area contributed by atoms with Gasteiger partial charge in [-0.05, 0) is 78.4 Å². The van der Waals surface area contributed by atoms with Crippen LogP contribution in [-0.2, 0) is 24.4 Å². The van der Waals surface area contributed by atoms with Crippen LogP contribution in [-0.4, -0.2) is 69.9 Å². The van der Waals surface area contributed by atoms with Crippen LogP contribution >= 0.6 is 0 Å². The second kappa shape index (κ2) is 12.3. The maximum atomic E-state index is 11.6. The fourth-order valence-electron chi connectivity index (χ4n) is 6.12. The second-order valence-electron chi connectivity index (χ2n) is 11.0. The van der Waals surface area contributed by atoms with Crippen LogP contribution in [0.5, 0.6) is 0 Å². The monoisotopic (exact) mass is 539 g/mol. The van der Waals surface area contributed by atoms with Crippen LogP contribution in [0.3, 0.4) is 0 Å². The van der Waals surface area contributed by atoms with Crippen LogP contribution < -0.4 is 5.48 Å². The van der Waals surface area contributed by atoms with Crippen molar-refractivity contribution in [1.29, 1.82) is 0 Å². The second-order valence-corrected chi connectivity index (χ2v) is 11.0. The van der Waals surface area contributed by atoms with E-state index in [1.165, 1.54) is 22.1 Å². The summed E-state index contributed by atoms with van der Waals surface area (Å²) in [6.45, 7) is 8.57. The lowest BCUT2D eigenvalue weighted by Crippen LogP contribution is -2.35. The van der Waals surface area contributed by atoms with Gasteiger partial charge >= 0.3 is 0 Å². The Bertz CT molecular complexity index is 1440. The number of ether oxygens (including phenoxy) is 1. The van der Waals surface area contributed by atoms with E-state index >= 15 is 0 Å². The number of piperidine rings is 1. The third-order valence-electron chi connectivity index (χ3n) is 8.30. The minimum absolute atomic E-state index is 0.427. The molecule has 2 fully saturated rings. The third-order valence-corrected chi connectivity index (χ3v) is 8.30. The summed E-state index contributed by atoms with van der Waals surface area (Å²) in [7, 11) is 0. The quantitative estimate of drug-likeness (QED) is 0.255. The first-order chi connectivity index (χ1) is 19.7. The highest BCUT2D eigenvalue weighted by Crippen LogP contribution is 2.33. The van der Waals surface area contributed by atoms with Crippen molar-refractivity contribution < 1.29 is 14.7 Å². The minimum Gasteiger partial charge on any atom is -0.379 e. The van der Waals surface area contributed by atoms with Gasteiger partial charge in [0, 0.05) is 56.1 Å². The van der Waals surface area contributed by atoms with Gasteiger partial charge in [0.15, 0.2) is 0 Å². The summed E-state index contributed by atoms with van der Waals surface area (Å²) in [5, 5.41) is 10.1. The van der Waals surface area contributed by atoms with Crippen LogP contribution in [0.15, 0.2) is 73.1 Å². The molecule has 40 heavy (non-hydrogen) atoms. The predicted molar refractivity (Wildman–Crippen MR) is 154 cm³/mol. The lowest BCUT2D eigenvalue weighted by atomic mass is 9.88. The topological polar surface area (TPSA) is 82.9 Å². The van der Waals surface area contributed by atoms with Crippen molar-refractivity contribution in [2.24, 2.45) is 0 Å². The maximum Gasteiger partial charge on any atom is 0.274 e. The molecule has 2 aromatic heterocycles. The zero-order valence-corrected chi connectivity index (χ0v) is 22.8. The summed E-state index contributed by atoms with van der Waals surface area (Å²) in [5.74, 6) is 0.0224. The van der Waals surface area contributed by atoms with Gasteiger partial charge in [-0.25, -0.2) is 10.5 Å². The van der Waals surface area contributed by atoms with Crippen molar-refractivity contribution >= 4 is 16.9 Å². The molecular weight excluding hydrogens is 502 g/mol. The van der Waals surface area contributed by atoms with E-state index in [0.717, 1.165) is 76.5 Å². The van der Waals surface area contributed by atoms with Crippen LogP contribution in [0.1, 0.15) is 51.4 Å². The van der Waals surface area contributed by atoms with E-state index in [-0.39, 0.29) is 0 Å². The van der Waals surface area contributed by atoms with Gasteiger partial charge in [0.25, 0.3) is 5.91 Å². The Balaban J connectivity index is 1.08. The summed E-state index contributed by atoms with van der Waals surface area (Å²) >= 11 is 0. The van der Waals surface area contributed by atoms with Crippen LogP contribution in [0.2, 0.25) is 0 Å². The van der Waals surface area contributed by atoms with E-state index < -0.39 is 5.91 Å². The van der Waals surface area contributed by atoms with Gasteiger partial charge in [-0.15, -0.1) is 0 Å². The molecule has 0 unspecified atom stereocenters. The van der Waals surface area contributed by atoms with E-state index in [9.17, 15) is 4.79 Å². The third kappa shape index (κ3) is 6.10. The van der Waals surface area contributed by atoms with Crippen molar-refractivity contribution in [3.63, 3.8) is 0 Å². The first-order valence-electron chi connectivity index (χ1n) is 14.2. The summed E-state index contributed by atoms with van der Waals surface area (Å²) in [5.41, 5.74) is 8.36. The highest BCUT2D eigenvalue weighted by molar-refractivity contribution is 5.93. The number of carbonyl (C=O) groups excluding carboxylic acids is 1. The normalized spacial score (nSPS) is 17.3. The van der Waals surface area contributed by atoms with E-state index in [4.69, 9.17) is 14.9 Å². The molecule has 2 saturated heterocycles. The first kappa shape index (κ1) is 26.7. The number of hydrogen-bond acceptors (Lipinski definition) is 6. The molecule has 8 heteroatoms. The molecule has 2 aliphatic heterocycles. The molecule has 0 radical (unpaired) electrons. The summed E-state index contributed by atoms with van der Waals surface area (Å²) < 4.78 is 7.66. The first-order valence-corrected chi connectivity index (χ1v) is 14.2. The Morgan fingerprint density at radius 1 is 0.875 bits per heavy atom. The number of hydrogen-bond donors (Lipinski definition) is 2. The standard InChI is InChI=1S/C32H37N5O3/c38-32(34-39)28-6-4-24(5-7-28)23-37-15-11-30-29(8-12-33-31(30)37)27-9-13-35(14-10-27)21-25-2-1-3-26(20-25)22-36-16-18-40-19-17-36/h1-8,11-12,15,20,27,39H,9-10,13-14,16-19,21-23H2,(H,34,38).